The van der Waals surface area contributed by atoms with Crippen LogP contribution in [0.4, 0.5) is 0 Å². The number of benzene rings is 2. The van der Waals surface area contributed by atoms with Crippen LogP contribution in [-0.4, -0.2) is 56.8 Å². The molecule has 2 aliphatic heterocycles. The third-order valence-corrected chi connectivity index (χ3v) is 8.90. The van der Waals surface area contributed by atoms with Gasteiger partial charge in [-0.15, -0.1) is 0 Å². The van der Waals surface area contributed by atoms with Crippen molar-refractivity contribution < 1.29 is 18.4 Å². The molecular formula is C28H37N3O4S2. The first-order valence-corrected chi connectivity index (χ1v) is 14.4. The molecule has 0 amide bonds. The van der Waals surface area contributed by atoms with Crippen molar-refractivity contribution in [2.24, 2.45) is 4.99 Å². The molecule has 7 nitrogen and oxygen atoms in total. The van der Waals surface area contributed by atoms with Crippen molar-refractivity contribution in [3.05, 3.63) is 83.2 Å². The maximum absolute atomic E-state index is 13.0. The average Bonchev–Trinajstić information content (AvgIpc) is 3.31. The van der Waals surface area contributed by atoms with Crippen molar-refractivity contribution in [3.8, 4) is 0 Å². The summed E-state index contributed by atoms with van der Waals surface area (Å²) in [6.07, 6.45) is -0.942. The third-order valence-electron chi connectivity index (χ3n) is 6.01. The maximum Gasteiger partial charge on any atom is 0.176 e. The average molecular weight is 544 g/mol. The van der Waals surface area contributed by atoms with Gasteiger partial charge in [-0.25, -0.2) is 4.21 Å². The molecule has 4 rings (SSSR count). The van der Waals surface area contributed by atoms with Gasteiger partial charge in [0, 0.05) is 14.1 Å². The lowest BCUT2D eigenvalue weighted by atomic mass is 9.99. The van der Waals surface area contributed by atoms with Crippen molar-refractivity contribution in [3.63, 3.8) is 0 Å². The minimum absolute atomic E-state index is 0.253. The van der Waals surface area contributed by atoms with Crippen LogP contribution in [0.3, 0.4) is 0 Å². The van der Waals surface area contributed by atoms with Gasteiger partial charge in [-0.3, -0.25) is 4.99 Å². The maximum atomic E-state index is 13.0. The molecule has 37 heavy (non-hydrogen) atoms. The number of nitrogens with zero attached hydrogens (tertiary/aromatic N) is 2. The first-order chi connectivity index (χ1) is 17.6. The Kier molecular flexibility index (Phi) is 9.00. The minimum atomic E-state index is -1.32. The lowest BCUT2D eigenvalue weighted by molar-refractivity contribution is -0.133. The van der Waals surface area contributed by atoms with Crippen LogP contribution >= 0.6 is 11.8 Å². The number of ether oxygens (including phenoxy) is 3. The number of hydrogen-bond donors (Lipinski definition) is 1. The third kappa shape index (κ3) is 6.96. The summed E-state index contributed by atoms with van der Waals surface area (Å²) < 4.78 is 35.4. The zero-order chi connectivity index (χ0) is 26.6. The standard InChI is InChI=1S/C28H37N3O4S2/c1-19(30-37(32)28(2,3)4)23-25(34-18-21-15-11-8-12-16-21)24(33-17-20-13-9-7-10-14-20)22-26(35-23)36-27(29-22)31(5)6/h7-16,22,24-26,30H,17-18H2,1-6H3/b23-19-. The molecule has 9 heteroatoms. The van der Waals surface area contributed by atoms with Crippen LogP contribution in [-0.2, 0) is 38.4 Å². The van der Waals surface area contributed by atoms with Crippen LogP contribution in [0.1, 0.15) is 38.8 Å². The largest absolute Gasteiger partial charge is 0.477 e. The number of fused-ring (bicyclic) bond motifs is 1. The molecule has 1 fully saturated rings. The molecule has 0 radical (unpaired) electrons. The Morgan fingerprint density at radius 3 is 2.14 bits per heavy atom. The van der Waals surface area contributed by atoms with E-state index in [1.165, 1.54) is 0 Å². The second-order valence-electron chi connectivity index (χ2n) is 10.4. The molecule has 0 aliphatic carbocycles. The molecule has 5 unspecified atom stereocenters. The van der Waals surface area contributed by atoms with E-state index in [9.17, 15) is 4.21 Å². The van der Waals surface area contributed by atoms with Gasteiger partial charge in [-0.1, -0.05) is 60.7 Å². The van der Waals surface area contributed by atoms with Gasteiger partial charge in [0.15, 0.2) is 10.6 Å². The van der Waals surface area contributed by atoms with E-state index >= 15 is 0 Å². The van der Waals surface area contributed by atoms with Gasteiger partial charge in [0.05, 0.1) is 23.7 Å². The first kappa shape index (κ1) is 27.7. The second-order valence-corrected chi connectivity index (χ2v) is 13.4. The van der Waals surface area contributed by atoms with Crippen molar-refractivity contribution in [2.75, 3.05) is 14.1 Å². The molecule has 0 aromatic heterocycles. The van der Waals surface area contributed by atoms with Crippen molar-refractivity contribution in [2.45, 2.75) is 69.3 Å². The number of rotatable bonds is 8. The normalized spacial score (nSPS) is 25.5. The summed E-state index contributed by atoms with van der Waals surface area (Å²) in [7, 11) is 2.63. The van der Waals surface area contributed by atoms with Gasteiger partial charge < -0.3 is 23.8 Å². The van der Waals surface area contributed by atoms with Gasteiger partial charge in [0.1, 0.15) is 35.0 Å². The summed E-state index contributed by atoms with van der Waals surface area (Å²) in [5, 5.41) is 0.884. The van der Waals surface area contributed by atoms with E-state index in [0.29, 0.717) is 24.7 Å². The van der Waals surface area contributed by atoms with E-state index in [1.807, 2.05) is 107 Å². The Hall–Kier alpha value is -2.33. The zero-order valence-corrected chi connectivity index (χ0v) is 24.0. The summed E-state index contributed by atoms with van der Waals surface area (Å²) in [4.78, 5) is 6.96. The van der Waals surface area contributed by atoms with E-state index in [1.54, 1.807) is 11.8 Å². The summed E-state index contributed by atoms with van der Waals surface area (Å²) in [5.74, 6) is 0.607. The van der Waals surface area contributed by atoms with Crippen LogP contribution in [0.25, 0.3) is 0 Å². The van der Waals surface area contributed by atoms with Crippen LogP contribution in [0.5, 0.6) is 0 Å². The highest BCUT2D eigenvalue weighted by molar-refractivity contribution is 8.14. The molecule has 2 aromatic carbocycles. The van der Waals surface area contributed by atoms with E-state index in [-0.39, 0.29) is 11.5 Å². The summed E-state index contributed by atoms with van der Waals surface area (Å²) in [6.45, 7) is 8.50. The molecule has 1 saturated heterocycles. The highest BCUT2D eigenvalue weighted by Gasteiger charge is 2.50. The van der Waals surface area contributed by atoms with Crippen LogP contribution in [0.2, 0.25) is 0 Å². The molecule has 2 aromatic rings. The number of amidine groups is 1. The van der Waals surface area contributed by atoms with Crippen LogP contribution in [0.15, 0.2) is 77.1 Å². The first-order valence-electron chi connectivity index (χ1n) is 12.4. The molecule has 0 spiro atoms. The molecule has 0 saturated carbocycles. The minimum Gasteiger partial charge on any atom is -0.477 e. The van der Waals surface area contributed by atoms with Crippen molar-refractivity contribution in [1.29, 1.82) is 0 Å². The molecule has 5 atom stereocenters. The molecular weight excluding hydrogens is 506 g/mol. The van der Waals surface area contributed by atoms with E-state index < -0.39 is 27.9 Å². The van der Waals surface area contributed by atoms with Gasteiger partial charge >= 0.3 is 0 Å². The van der Waals surface area contributed by atoms with Gasteiger partial charge in [-0.05, 0) is 50.6 Å². The summed E-state index contributed by atoms with van der Waals surface area (Å²) >= 11 is 1.57. The Labute approximate surface area is 227 Å². The number of aliphatic imine (C=N–C) groups is 1. The highest BCUT2D eigenvalue weighted by Crippen LogP contribution is 2.42. The number of thioether (sulfide) groups is 1. The van der Waals surface area contributed by atoms with Crippen LogP contribution < -0.4 is 4.72 Å². The Morgan fingerprint density at radius 2 is 1.59 bits per heavy atom. The number of allylic oxidation sites excluding steroid dienone is 1. The highest BCUT2D eigenvalue weighted by atomic mass is 32.2. The SMILES string of the molecule is C/C(NS(=O)C(C)(C)C)=C1/OC2SC(N(C)C)=NC2C(OCc2ccccc2)C1OCc1ccccc1. The fraction of sp³-hybridized carbons (Fsp3) is 0.464. The number of nitrogens with one attached hydrogen (secondary N) is 1. The van der Waals surface area contributed by atoms with Crippen LogP contribution in [0, 0.1) is 0 Å². The monoisotopic (exact) mass is 543 g/mol. The molecule has 0 bridgehead atoms. The molecule has 2 heterocycles. The van der Waals surface area contributed by atoms with Gasteiger partial charge in [0.2, 0.25) is 0 Å². The lowest BCUT2D eigenvalue weighted by Crippen LogP contribution is -2.51. The predicted octanol–water partition coefficient (Wildman–Crippen LogP) is 4.83. The van der Waals surface area contributed by atoms with E-state index in [2.05, 4.69) is 4.72 Å². The van der Waals surface area contributed by atoms with Crippen molar-refractivity contribution in [1.82, 2.24) is 9.62 Å². The fourth-order valence-electron chi connectivity index (χ4n) is 3.98. The molecule has 1 N–H and O–H groups in total. The Balaban J connectivity index is 1.69. The topological polar surface area (TPSA) is 72.4 Å². The summed E-state index contributed by atoms with van der Waals surface area (Å²) in [6, 6.07) is 19.9. The smallest absolute Gasteiger partial charge is 0.176 e. The van der Waals surface area contributed by atoms with Crippen molar-refractivity contribution >= 4 is 27.9 Å². The molecule has 2 aliphatic rings. The van der Waals surface area contributed by atoms with Gasteiger partial charge in [0.25, 0.3) is 0 Å². The lowest BCUT2D eigenvalue weighted by Gasteiger charge is -2.40. The van der Waals surface area contributed by atoms with E-state index in [0.717, 1.165) is 16.3 Å². The Morgan fingerprint density at radius 1 is 1.03 bits per heavy atom. The zero-order valence-electron chi connectivity index (χ0n) is 22.3. The molecule has 200 valence electrons. The number of hydrogen-bond acceptors (Lipinski definition) is 7. The summed E-state index contributed by atoms with van der Waals surface area (Å²) in [5.41, 5.74) is 2.53. The Bertz CT molecular complexity index is 1130. The van der Waals surface area contributed by atoms with Gasteiger partial charge in [-0.2, -0.15) is 0 Å². The quantitative estimate of drug-likeness (QED) is 0.514. The fourth-order valence-corrected chi connectivity index (χ4v) is 5.78. The second kappa shape index (κ2) is 12.0. The predicted molar refractivity (Wildman–Crippen MR) is 151 cm³/mol. The van der Waals surface area contributed by atoms with E-state index in [4.69, 9.17) is 19.2 Å².